The predicted octanol–water partition coefficient (Wildman–Crippen LogP) is 1.27. The molecule has 0 amide bonds. The molecule has 2 rings (SSSR count). The Hall–Kier alpha value is -2.15. The fraction of sp³-hybridized carbons (Fsp3) is 0.182. The minimum Gasteiger partial charge on any atom is -0.409 e. The molecule has 0 aliphatic carbocycles. The van der Waals surface area contributed by atoms with Gasteiger partial charge in [0.2, 0.25) is 0 Å². The normalized spacial score (nSPS) is 11.5. The predicted molar refractivity (Wildman–Crippen MR) is 71.0 cm³/mol. The lowest BCUT2D eigenvalue weighted by Crippen LogP contribution is -2.19. The van der Waals surface area contributed by atoms with Crippen LogP contribution in [0.15, 0.2) is 34.4 Å². The summed E-state index contributed by atoms with van der Waals surface area (Å²) in [5.41, 5.74) is 6.99. The van der Waals surface area contributed by atoms with Crippen molar-refractivity contribution in [2.24, 2.45) is 10.9 Å². The third kappa shape index (κ3) is 2.75. The lowest BCUT2D eigenvalue weighted by Gasteiger charge is -2.16. The minimum absolute atomic E-state index is 0.0467. The molecule has 94 valence electrons. The standard InChI is InChI=1S/C11H13N5OS/c1-16(6-8-2-3-18-7-8)10-5-13-9(4-14-10)11(12)15-17/h2-5,7,17H,6H2,1H3,(H2,12,15). The van der Waals surface area contributed by atoms with Crippen LogP contribution in [0.5, 0.6) is 0 Å². The lowest BCUT2D eigenvalue weighted by molar-refractivity contribution is 0.318. The van der Waals surface area contributed by atoms with Gasteiger partial charge in [-0.25, -0.2) is 9.97 Å². The molecule has 0 unspecified atom stereocenters. The Morgan fingerprint density at radius 1 is 1.50 bits per heavy atom. The number of nitrogens with zero attached hydrogens (tertiary/aromatic N) is 4. The lowest BCUT2D eigenvalue weighted by atomic mass is 10.3. The number of amidine groups is 1. The first-order valence-electron chi connectivity index (χ1n) is 5.23. The van der Waals surface area contributed by atoms with Crippen molar-refractivity contribution in [2.45, 2.75) is 6.54 Å². The van der Waals surface area contributed by atoms with Gasteiger partial charge in [0.05, 0.1) is 12.4 Å². The van der Waals surface area contributed by atoms with E-state index in [4.69, 9.17) is 10.9 Å². The molecule has 0 aliphatic heterocycles. The van der Waals surface area contributed by atoms with Crippen molar-refractivity contribution in [1.82, 2.24) is 9.97 Å². The summed E-state index contributed by atoms with van der Waals surface area (Å²) in [4.78, 5) is 10.3. The molecule has 2 aromatic heterocycles. The number of thiophene rings is 1. The van der Waals surface area contributed by atoms with Crippen LogP contribution in [0.2, 0.25) is 0 Å². The van der Waals surface area contributed by atoms with Gasteiger partial charge in [-0.3, -0.25) is 0 Å². The minimum atomic E-state index is -0.0467. The number of nitrogens with two attached hydrogens (primary N) is 1. The van der Waals surface area contributed by atoms with Crippen molar-refractivity contribution in [2.75, 3.05) is 11.9 Å². The first kappa shape index (κ1) is 12.3. The summed E-state index contributed by atoms with van der Waals surface area (Å²) in [6.07, 6.45) is 3.08. The van der Waals surface area contributed by atoms with Gasteiger partial charge in [-0.15, -0.1) is 0 Å². The molecule has 0 radical (unpaired) electrons. The maximum Gasteiger partial charge on any atom is 0.190 e. The molecular formula is C11H13N5OS. The van der Waals surface area contributed by atoms with Crippen molar-refractivity contribution < 1.29 is 5.21 Å². The second-order valence-corrected chi connectivity index (χ2v) is 4.51. The van der Waals surface area contributed by atoms with E-state index >= 15 is 0 Å². The van der Waals surface area contributed by atoms with Crippen molar-refractivity contribution in [3.63, 3.8) is 0 Å². The van der Waals surface area contributed by atoms with E-state index in [1.165, 1.54) is 11.8 Å². The highest BCUT2D eigenvalue weighted by Gasteiger charge is 2.06. The second kappa shape index (κ2) is 5.46. The summed E-state index contributed by atoms with van der Waals surface area (Å²) in [6.45, 7) is 0.765. The average Bonchev–Trinajstić information content (AvgIpc) is 2.91. The van der Waals surface area contributed by atoms with Crippen LogP contribution in [0.25, 0.3) is 0 Å². The Morgan fingerprint density at radius 3 is 2.89 bits per heavy atom. The van der Waals surface area contributed by atoms with E-state index in [2.05, 4.69) is 26.6 Å². The maximum absolute atomic E-state index is 8.52. The van der Waals surface area contributed by atoms with Gasteiger partial charge in [0.25, 0.3) is 0 Å². The third-order valence-electron chi connectivity index (χ3n) is 2.40. The molecule has 0 bridgehead atoms. The Morgan fingerprint density at radius 2 is 2.33 bits per heavy atom. The number of anilines is 1. The van der Waals surface area contributed by atoms with Gasteiger partial charge >= 0.3 is 0 Å². The van der Waals surface area contributed by atoms with Gasteiger partial charge in [-0.05, 0) is 22.4 Å². The van der Waals surface area contributed by atoms with Gasteiger partial charge in [-0.1, -0.05) is 5.16 Å². The number of hydrogen-bond acceptors (Lipinski definition) is 6. The topological polar surface area (TPSA) is 87.6 Å². The number of aromatic nitrogens is 2. The summed E-state index contributed by atoms with van der Waals surface area (Å²) in [5, 5.41) is 15.5. The number of oxime groups is 1. The summed E-state index contributed by atoms with van der Waals surface area (Å²) in [5.74, 6) is 0.685. The van der Waals surface area contributed by atoms with E-state index in [9.17, 15) is 0 Å². The fourth-order valence-electron chi connectivity index (χ4n) is 1.44. The largest absolute Gasteiger partial charge is 0.409 e. The molecule has 0 atom stereocenters. The van der Waals surface area contributed by atoms with Crippen LogP contribution in [0.3, 0.4) is 0 Å². The third-order valence-corrected chi connectivity index (χ3v) is 3.13. The highest BCUT2D eigenvalue weighted by molar-refractivity contribution is 7.07. The van der Waals surface area contributed by atoms with Crippen LogP contribution < -0.4 is 10.6 Å². The summed E-state index contributed by atoms with van der Waals surface area (Å²) in [6, 6.07) is 2.07. The zero-order valence-corrected chi connectivity index (χ0v) is 10.6. The number of rotatable bonds is 4. The number of hydrogen-bond donors (Lipinski definition) is 2. The van der Waals surface area contributed by atoms with Crippen molar-refractivity contribution >= 4 is 23.0 Å². The van der Waals surface area contributed by atoms with E-state index < -0.39 is 0 Å². The van der Waals surface area contributed by atoms with Gasteiger partial charge in [-0.2, -0.15) is 11.3 Å². The Kier molecular flexibility index (Phi) is 3.73. The van der Waals surface area contributed by atoms with Crippen LogP contribution in [-0.4, -0.2) is 28.1 Å². The van der Waals surface area contributed by atoms with Gasteiger partial charge in [0.1, 0.15) is 11.5 Å². The first-order valence-corrected chi connectivity index (χ1v) is 6.17. The summed E-state index contributed by atoms with van der Waals surface area (Å²) < 4.78 is 0. The Bertz CT molecular complexity index is 523. The van der Waals surface area contributed by atoms with Crippen LogP contribution in [-0.2, 0) is 6.54 Å². The van der Waals surface area contributed by atoms with Crippen LogP contribution in [0, 0.1) is 0 Å². The van der Waals surface area contributed by atoms with E-state index in [0.29, 0.717) is 5.69 Å². The fourth-order valence-corrected chi connectivity index (χ4v) is 2.10. The SMILES string of the molecule is CN(Cc1ccsc1)c1cnc(C(N)=NO)cn1. The van der Waals surface area contributed by atoms with E-state index in [1.54, 1.807) is 17.5 Å². The van der Waals surface area contributed by atoms with Crippen LogP contribution >= 0.6 is 11.3 Å². The quantitative estimate of drug-likeness (QED) is 0.375. The van der Waals surface area contributed by atoms with Crippen molar-refractivity contribution in [3.8, 4) is 0 Å². The highest BCUT2D eigenvalue weighted by Crippen LogP contribution is 2.13. The Labute approximate surface area is 108 Å². The zero-order valence-electron chi connectivity index (χ0n) is 9.82. The van der Waals surface area contributed by atoms with Crippen molar-refractivity contribution in [3.05, 3.63) is 40.5 Å². The second-order valence-electron chi connectivity index (χ2n) is 3.73. The molecule has 2 aromatic rings. The summed E-state index contributed by atoms with van der Waals surface area (Å²) >= 11 is 1.66. The van der Waals surface area contributed by atoms with E-state index in [0.717, 1.165) is 12.4 Å². The van der Waals surface area contributed by atoms with Crippen LogP contribution in [0.4, 0.5) is 5.82 Å². The zero-order chi connectivity index (χ0) is 13.0. The van der Waals surface area contributed by atoms with Gasteiger partial charge in [0.15, 0.2) is 5.84 Å². The molecule has 6 nitrogen and oxygen atoms in total. The van der Waals surface area contributed by atoms with Gasteiger partial charge < -0.3 is 15.8 Å². The smallest absolute Gasteiger partial charge is 0.190 e. The molecule has 2 heterocycles. The monoisotopic (exact) mass is 263 g/mol. The molecule has 0 fully saturated rings. The average molecular weight is 263 g/mol. The molecule has 0 aliphatic rings. The molecule has 3 N–H and O–H groups in total. The Balaban J connectivity index is 2.09. The van der Waals surface area contributed by atoms with Crippen LogP contribution in [0.1, 0.15) is 11.3 Å². The summed E-state index contributed by atoms with van der Waals surface area (Å²) in [7, 11) is 1.94. The van der Waals surface area contributed by atoms with Crippen molar-refractivity contribution in [1.29, 1.82) is 0 Å². The molecular weight excluding hydrogens is 250 g/mol. The maximum atomic E-state index is 8.52. The van der Waals surface area contributed by atoms with E-state index in [-0.39, 0.29) is 5.84 Å². The molecule has 7 heteroatoms. The molecule has 0 spiro atoms. The van der Waals surface area contributed by atoms with Gasteiger partial charge in [0, 0.05) is 13.6 Å². The molecule has 0 saturated heterocycles. The molecule has 18 heavy (non-hydrogen) atoms. The highest BCUT2D eigenvalue weighted by atomic mass is 32.1. The first-order chi connectivity index (χ1) is 8.70. The molecule has 0 saturated carbocycles. The van der Waals surface area contributed by atoms with E-state index in [1.807, 2.05) is 17.3 Å². The molecule has 0 aromatic carbocycles.